The van der Waals surface area contributed by atoms with Crippen LogP contribution in [0.4, 0.5) is 5.69 Å². The fourth-order valence-electron chi connectivity index (χ4n) is 3.14. The van der Waals surface area contributed by atoms with Crippen molar-refractivity contribution in [3.05, 3.63) is 84.2 Å². The maximum Gasteiger partial charge on any atom is 0.234 e. The van der Waals surface area contributed by atoms with E-state index >= 15 is 0 Å². The summed E-state index contributed by atoms with van der Waals surface area (Å²) < 4.78 is 13.1. The highest BCUT2D eigenvalue weighted by Crippen LogP contribution is 2.31. The zero-order valence-electron chi connectivity index (χ0n) is 18.6. The first-order valence-electron chi connectivity index (χ1n) is 10.3. The molecule has 0 spiro atoms. The quantitative estimate of drug-likeness (QED) is 0.354. The topological polar surface area (TPSA) is 78.3 Å². The molecule has 0 aliphatic heterocycles. The number of amides is 1. The number of carbonyl (C=O) groups is 1. The Morgan fingerprint density at radius 2 is 1.76 bits per heavy atom. The van der Waals surface area contributed by atoms with Crippen molar-refractivity contribution in [2.45, 2.75) is 19.0 Å². The number of aryl methyl sites for hydroxylation is 2. The van der Waals surface area contributed by atoms with Crippen molar-refractivity contribution in [3.8, 4) is 22.9 Å². The summed E-state index contributed by atoms with van der Waals surface area (Å²) in [6.45, 7) is 4.14. The molecule has 168 valence electrons. The number of ether oxygens (including phenoxy) is 2. The van der Waals surface area contributed by atoms with Crippen molar-refractivity contribution in [1.29, 1.82) is 0 Å². The van der Waals surface area contributed by atoms with Gasteiger partial charge in [0.15, 0.2) is 16.7 Å². The first-order valence-corrected chi connectivity index (χ1v) is 11.3. The van der Waals surface area contributed by atoms with Crippen molar-refractivity contribution in [1.82, 2.24) is 14.8 Å². The molecular weight excluding hydrogens is 436 g/mol. The number of hydrogen-bond acceptors (Lipinski definition) is 6. The molecular formula is C25H24N4O3S. The van der Waals surface area contributed by atoms with Crippen LogP contribution in [0.25, 0.3) is 5.69 Å². The van der Waals surface area contributed by atoms with Gasteiger partial charge in [-0.15, -0.1) is 10.2 Å². The van der Waals surface area contributed by atoms with Crippen LogP contribution in [0.1, 0.15) is 11.1 Å². The van der Waals surface area contributed by atoms with Crippen LogP contribution in [0.5, 0.6) is 17.2 Å². The third-order valence-electron chi connectivity index (χ3n) is 5.05. The number of aromatic nitrogens is 3. The third kappa shape index (κ3) is 5.53. The summed E-state index contributed by atoms with van der Waals surface area (Å²) >= 11 is 1.33. The Balaban J connectivity index is 1.34. The van der Waals surface area contributed by atoms with E-state index in [2.05, 4.69) is 41.5 Å². The molecule has 0 aliphatic rings. The SMILES string of the molecule is COc1ccccc1Oc1ccc(NC(=O)CSc2nncn2-c2ccc(C)c(C)c2)cc1. The van der Waals surface area contributed by atoms with E-state index < -0.39 is 0 Å². The summed E-state index contributed by atoms with van der Waals surface area (Å²) in [7, 11) is 1.60. The summed E-state index contributed by atoms with van der Waals surface area (Å²) in [4.78, 5) is 12.5. The van der Waals surface area contributed by atoms with Crippen LogP contribution in [-0.2, 0) is 4.79 Å². The Hall–Kier alpha value is -3.78. The number of thioether (sulfide) groups is 1. The molecule has 0 radical (unpaired) electrons. The summed E-state index contributed by atoms with van der Waals surface area (Å²) in [5, 5.41) is 11.7. The molecule has 8 heteroatoms. The van der Waals surface area contributed by atoms with Crippen molar-refractivity contribution in [3.63, 3.8) is 0 Å². The number of carbonyl (C=O) groups excluding carboxylic acids is 1. The Labute approximate surface area is 196 Å². The van der Waals surface area contributed by atoms with E-state index in [0.29, 0.717) is 28.1 Å². The highest BCUT2D eigenvalue weighted by Gasteiger charge is 2.11. The summed E-state index contributed by atoms with van der Waals surface area (Å²) in [5.74, 6) is 2.01. The Bertz CT molecular complexity index is 1250. The van der Waals surface area contributed by atoms with Crippen molar-refractivity contribution < 1.29 is 14.3 Å². The minimum absolute atomic E-state index is 0.131. The predicted molar refractivity (Wildman–Crippen MR) is 130 cm³/mol. The van der Waals surface area contributed by atoms with Gasteiger partial charge >= 0.3 is 0 Å². The Morgan fingerprint density at radius 3 is 2.48 bits per heavy atom. The molecule has 0 bridgehead atoms. The van der Waals surface area contributed by atoms with Crippen molar-refractivity contribution >= 4 is 23.4 Å². The van der Waals surface area contributed by atoms with Gasteiger partial charge in [0.1, 0.15) is 12.1 Å². The molecule has 0 aliphatic carbocycles. The highest BCUT2D eigenvalue weighted by molar-refractivity contribution is 7.99. The van der Waals surface area contributed by atoms with Gasteiger partial charge in [-0.25, -0.2) is 0 Å². The molecule has 0 saturated carbocycles. The molecule has 1 N–H and O–H groups in total. The third-order valence-corrected chi connectivity index (χ3v) is 6.00. The van der Waals surface area contributed by atoms with E-state index in [1.54, 1.807) is 37.7 Å². The lowest BCUT2D eigenvalue weighted by Crippen LogP contribution is -2.14. The van der Waals surface area contributed by atoms with Crippen LogP contribution < -0.4 is 14.8 Å². The largest absolute Gasteiger partial charge is 0.493 e. The second-order valence-corrected chi connectivity index (χ2v) is 8.31. The van der Waals surface area contributed by atoms with E-state index in [4.69, 9.17) is 9.47 Å². The van der Waals surface area contributed by atoms with Gasteiger partial charge in [0, 0.05) is 11.4 Å². The number of benzene rings is 3. The molecule has 1 amide bonds. The van der Waals surface area contributed by atoms with Crippen molar-refractivity contribution in [2.75, 3.05) is 18.2 Å². The molecule has 3 aromatic carbocycles. The highest BCUT2D eigenvalue weighted by atomic mass is 32.2. The van der Waals surface area contributed by atoms with Gasteiger partial charge in [0.2, 0.25) is 5.91 Å². The molecule has 4 aromatic rings. The lowest BCUT2D eigenvalue weighted by molar-refractivity contribution is -0.113. The molecule has 33 heavy (non-hydrogen) atoms. The Kier molecular flexibility index (Phi) is 6.95. The van der Waals surface area contributed by atoms with Gasteiger partial charge in [-0.1, -0.05) is 30.0 Å². The summed E-state index contributed by atoms with van der Waals surface area (Å²) in [6.07, 6.45) is 1.66. The maximum absolute atomic E-state index is 12.5. The number of para-hydroxylation sites is 2. The van der Waals surface area contributed by atoms with Crippen LogP contribution in [0.15, 0.2) is 78.2 Å². The summed E-state index contributed by atoms with van der Waals surface area (Å²) in [6, 6.07) is 20.8. The molecule has 4 rings (SSSR count). The molecule has 1 heterocycles. The van der Waals surface area contributed by atoms with Gasteiger partial charge < -0.3 is 14.8 Å². The standard InChI is InChI=1S/C25H24N4O3S/c1-17-8-11-20(14-18(17)2)29-16-26-28-25(29)33-15-24(30)27-19-9-12-21(13-10-19)32-23-7-5-4-6-22(23)31-3/h4-14,16H,15H2,1-3H3,(H,27,30). The van der Waals surface area contributed by atoms with E-state index in [1.165, 1.54) is 22.9 Å². The number of methoxy groups -OCH3 is 1. The van der Waals surface area contributed by atoms with Crippen LogP contribution in [-0.4, -0.2) is 33.5 Å². The van der Waals surface area contributed by atoms with Gasteiger partial charge in [-0.2, -0.15) is 0 Å². The second kappa shape index (κ2) is 10.2. The predicted octanol–water partition coefficient (Wildman–Crippen LogP) is 5.42. The lowest BCUT2D eigenvalue weighted by Gasteiger charge is -2.11. The van der Waals surface area contributed by atoms with Crippen LogP contribution in [0.3, 0.4) is 0 Å². The van der Waals surface area contributed by atoms with E-state index in [0.717, 1.165) is 5.69 Å². The van der Waals surface area contributed by atoms with Crippen LogP contribution in [0.2, 0.25) is 0 Å². The number of anilines is 1. The molecule has 1 aromatic heterocycles. The number of nitrogens with one attached hydrogen (secondary N) is 1. The molecule has 7 nitrogen and oxygen atoms in total. The number of nitrogens with zero attached hydrogens (tertiary/aromatic N) is 3. The second-order valence-electron chi connectivity index (χ2n) is 7.37. The zero-order valence-corrected chi connectivity index (χ0v) is 19.4. The van der Waals surface area contributed by atoms with E-state index in [-0.39, 0.29) is 11.7 Å². The smallest absolute Gasteiger partial charge is 0.234 e. The maximum atomic E-state index is 12.5. The minimum atomic E-state index is -0.131. The average molecular weight is 461 g/mol. The van der Waals surface area contributed by atoms with Crippen LogP contribution in [0, 0.1) is 13.8 Å². The molecule has 0 unspecified atom stereocenters. The van der Waals surface area contributed by atoms with Gasteiger partial charge in [-0.05, 0) is 73.5 Å². The van der Waals surface area contributed by atoms with Gasteiger partial charge in [0.25, 0.3) is 0 Å². The first-order chi connectivity index (χ1) is 16.0. The van der Waals surface area contributed by atoms with Gasteiger partial charge in [-0.3, -0.25) is 9.36 Å². The monoisotopic (exact) mass is 460 g/mol. The zero-order chi connectivity index (χ0) is 23.2. The first kappa shape index (κ1) is 22.4. The molecule has 0 atom stereocenters. The van der Waals surface area contributed by atoms with Crippen molar-refractivity contribution in [2.24, 2.45) is 0 Å². The minimum Gasteiger partial charge on any atom is -0.493 e. The van der Waals surface area contributed by atoms with Gasteiger partial charge in [0.05, 0.1) is 12.9 Å². The van der Waals surface area contributed by atoms with E-state index in [9.17, 15) is 4.79 Å². The average Bonchev–Trinajstić information content (AvgIpc) is 3.30. The number of hydrogen-bond donors (Lipinski definition) is 1. The molecule has 0 saturated heterocycles. The summed E-state index contributed by atoms with van der Waals surface area (Å²) in [5.41, 5.74) is 4.06. The fraction of sp³-hybridized carbons (Fsp3) is 0.160. The Morgan fingerprint density at radius 1 is 1.00 bits per heavy atom. The fourth-order valence-corrected chi connectivity index (χ4v) is 3.87. The lowest BCUT2D eigenvalue weighted by atomic mass is 10.1. The molecule has 0 fully saturated rings. The van der Waals surface area contributed by atoms with Crippen LogP contribution >= 0.6 is 11.8 Å². The van der Waals surface area contributed by atoms with E-state index in [1.807, 2.05) is 34.9 Å². The normalized spacial score (nSPS) is 10.6. The number of rotatable bonds is 8.